The number of halogens is 1. The Bertz CT molecular complexity index is 444. The number of anilines is 1. The van der Waals surface area contributed by atoms with Gasteiger partial charge in [0.2, 0.25) is 0 Å². The van der Waals surface area contributed by atoms with Crippen molar-refractivity contribution in [3.63, 3.8) is 0 Å². The van der Waals surface area contributed by atoms with E-state index in [4.69, 9.17) is 16.3 Å². The van der Waals surface area contributed by atoms with E-state index in [9.17, 15) is 4.79 Å². The second-order valence-corrected chi connectivity index (χ2v) is 4.86. The van der Waals surface area contributed by atoms with Gasteiger partial charge in [-0.25, -0.2) is 4.79 Å². The van der Waals surface area contributed by atoms with E-state index in [1.54, 1.807) is 6.92 Å². The van der Waals surface area contributed by atoms with Crippen molar-refractivity contribution >= 4 is 35.0 Å². The van der Waals surface area contributed by atoms with E-state index in [0.717, 1.165) is 11.6 Å². The summed E-state index contributed by atoms with van der Waals surface area (Å²) in [4.78, 5) is 14.2. The summed E-state index contributed by atoms with van der Waals surface area (Å²) in [6, 6.07) is 7.51. The van der Waals surface area contributed by atoms with Gasteiger partial charge >= 0.3 is 5.97 Å². The summed E-state index contributed by atoms with van der Waals surface area (Å²) < 4.78 is 4.95. The standard InChI is InChI=1S/C12H12ClNO2S/c1-2-16-12(15)11-7-14(8-17-11)10-5-3-9(13)4-6-10/h3-7H,2,8H2,1H3. The van der Waals surface area contributed by atoms with Crippen LogP contribution in [0.25, 0.3) is 0 Å². The van der Waals surface area contributed by atoms with E-state index in [-0.39, 0.29) is 5.97 Å². The average molecular weight is 270 g/mol. The van der Waals surface area contributed by atoms with Crippen molar-refractivity contribution in [2.75, 3.05) is 17.4 Å². The molecule has 0 aromatic heterocycles. The van der Waals surface area contributed by atoms with Crippen molar-refractivity contribution in [1.82, 2.24) is 0 Å². The third kappa shape index (κ3) is 2.96. The van der Waals surface area contributed by atoms with Crippen LogP contribution < -0.4 is 4.90 Å². The minimum absolute atomic E-state index is 0.256. The quantitative estimate of drug-likeness (QED) is 0.788. The first-order valence-corrected chi connectivity index (χ1v) is 6.61. The highest BCUT2D eigenvalue weighted by molar-refractivity contribution is 8.04. The molecule has 90 valence electrons. The van der Waals surface area contributed by atoms with E-state index >= 15 is 0 Å². The van der Waals surface area contributed by atoms with E-state index in [0.29, 0.717) is 16.5 Å². The fraction of sp³-hybridized carbons (Fsp3) is 0.250. The zero-order valence-electron chi connectivity index (χ0n) is 9.35. The van der Waals surface area contributed by atoms with Crippen molar-refractivity contribution < 1.29 is 9.53 Å². The molecule has 5 heteroatoms. The zero-order chi connectivity index (χ0) is 12.3. The lowest BCUT2D eigenvalue weighted by Crippen LogP contribution is -2.10. The van der Waals surface area contributed by atoms with Crippen molar-refractivity contribution in [3.05, 3.63) is 40.4 Å². The maximum absolute atomic E-state index is 11.5. The molecule has 0 unspecified atom stereocenters. The molecule has 3 nitrogen and oxygen atoms in total. The van der Waals surface area contributed by atoms with Crippen LogP contribution in [0.1, 0.15) is 6.92 Å². The summed E-state index contributed by atoms with van der Waals surface area (Å²) in [5, 5.41) is 0.704. The molecule has 0 bridgehead atoms. The number of carbonyl (C=O) groups is 1. The predicted octanol–water partition coefficient (Wildman–Crippen LogP) is 3.26. The molecule has 0 saturated carbocycles. The van der Waals surface area contributed by atoms with Gasteiger partial charge in [-0.2, -0.15) is 0 Å². The Kier molecular flexibility index (Phi) is 3.97. The van der Waals surface area contributed by atoms with Crippen molar-refractivity contribution in [2.45, 2.75) is 6.92 Å². The number of benzene rings is 1. The summed E-state index contributed by atoms with van der Waals surface area (Å²) in [7, 11) is 0. The Hall–Kier alpha value is -1.13. The molecule has 1 aromatic carbocycles. The molecule has 0 amide bonds. The van der Waals surface area contributed by atoms with Gasteiger partial charge in [-0.05, 0) is 31.2 Å². The molecule has 0 aliphatic carbocycles. The van der Waals surface area contributed by atoms with Crippen LogP contribution in [0.2, 0.25) is 5.02 Å². The average Bonchev–Trinajstić information content (AvgIpc) is 2.80. The van der Waals surface area contributed by atoms with E-state index in [1.807, 2.05) is 35.4 Å². The first-order valence-electron chi connectivity index (χ1n) is 5.24. The maximum Gasteiger partial charge on any atom is 0.346 e. The molecule has 2 rings (SSSR count). The highest BCUT2D eigenvalue weighted by atomic mass is 35.5. The van der Waals surface area contributed by atoms with Crippen LogP contribution in [-0.4, -0.2) is 18.5 Å². The minimum atomic E-state index is -0.256. The number of thioether (sulfide) groups is 1. The highest BCUT2D eigenvalue weighted by Crippen LogP contribution is 2.31. The Labute approximate surface area is 109 Å². The van der Waals surface area contributed by atoms with Crippen LogP contribution in [0, 0.1) is 0 Å². The lowest BCUT2D eigenvalue weighted by molar-refractivity contribution is -0.137. The van der Waals surface area contributed by atoms with Gasteiger partial charge in [-0.1, -0.05) is 23.4 Å². The van der Waals surface area contributed by atoms with Crippen LogP contribution in [0.5, 0.6) is 0 Å². The second kappa shape index (κ2) is 5.47. The largest absolute Gasteiger partial charge is 0.462 e. The van der Waals surface area contributed by atoms with Gasteiger partial charge in [0.25, 0.3) is 0 Å². The smallest absolute Gasteiger partial charge is 0.346 e. The predicted molar refractivity (Wildman–Crippen MR) is 71.1 cm³/mol. The number of rotatable bonds is 3. The van der Waals surface area contributed by atoms with E-state index < -0.39 is 0 Å². The van der Waals surface area contributed by atoms with Gasteiger partial charge in [0.05, 0.1) is 12.5 Å². The summed E-state index contributed by atoms with van der Waals surface area (Å²) in [6.45, 7) is 2.20. The van der Waals surface area contributed by atoms with Gasteiger partial charge < -0.3 is 9.64 Å². The molecule has 0 spiro atoms. The number of nitrogens with zero attached hydrogens (tertiary/aromatic N) is 1. The zero-order valence-corrected chi connectivity index (χ0v) is 10.9. The van der Waals surface area contributed by atoms with E-state index in [1.165, 1.54) is 11.8 Å². The summed E-state index contributed by atoms with van der Waals surface area (Å²) in [5.74, 6) is 0.462. The molecule has 17 heavy (non-hydrogen) atoms. The van der Waals surface area contributed by atoms with Crippen LogP contribution >= 0.6 is 23.4 Å². The summed E-state index contributed by atoms with van der Waals surface area (Å²) in [5.41, 5.74) is 1.01. The van der Waals surface area contributed by atoms with Crippen LogP contribution in [0.15, 0.2) is 35.4 Å². The van der Waals surface area contributed by atoms with Gasteiger partial charge in [0.15, 0.2) is 0 Å². The first kappa shape index (κ1) is 12.3. The van der Waals surface area contributed by atoms with Gasteiger partial charge in [-0.3, -0.25) is 0 Å². The topological polar surface area (TPSA) is 29.5 Å². The number of carbonyl (C=O) groups excluding carboxylic acids is 1. The van der Waals surface area contributed by atoms with Crippen LogP contribution in [0.3, 0.4) is 0 Å². The molecule has 1 aliphatic heterocycles. The molecule has 0 atom stereocenters. The summed E-state index contributed by atoms with van der Waals surface area (Å²) >= 11 is 7.30. The number of hydrogen-bond acceptors (Lipinski definition) is 4. The number of hydrogen-bond donors (Lipinski definition) is 0. The molecule has 0 saturated heterocycles. The molecule has 1 aliphatic rings. The van der Waals surface area contributed by atoms with E-state index in [2.05, 4.69) is 0 Å². The molecule has 0 radical (unpaired) electrons. The molecule has 0 N–H and O–H groups in total. The lowest BCUT2D eigenvalue weighted by atomic mass is 10.3. The van der Waals surface area contributed by atoms with Crippen LogP contribution in [-0.2, 0) is 9.53 Å². The van der Waals surface area contributed by atoms with Gasteiger partial charge in [0.1, 0.15) is 4.91 Å². The Morgan fingerprint density at radius 1 is 1.47 bits per heavy atom. The van der Waals surface area contributed by atoms with Crippen LogP contribution in [0.4, 0.5) is 5.69 Å². The second-order valence-electron chi connectivity index (χ2n) is 3.43. The normalized spacial score (nSPS) is 14.7. The Morgan fingerprint density at radius 3 is 2.82 bits per heavy atom. The fourth-order valence-electron chi connectivity index (χ4n) is 1.45. The SMILES string of the molecule is CCOC(=O)C1=CN(c2ccc(Cl)cc2)CS1. The van der Waals surface area contributed by atoms with Crippen molar-refractivity contribution in [2.24, 2.45) is 0 Å². The third-order valence-electron chi connectivity index (χ3n) is 2.27. The lowest BCUT2D eigenvalue weighted by Gasteiger charge is -2.13. The molecule has 0 fully saturated rings. The van der Waals surface area contributed by atoms with Crippen molar-refractivity contribution in [1.29, 1.82) is 0 Å². The minimum Gasteiger partial charge on any atom is -0.462 e. The molecule has 1 heterocycles. The number of esters is 1. The highest BCUT2D eigenvalue weighted by Gasteiger charge is 2.21. The van der Waals surface area contributed by atoms with Gasteiger partial charge in [-0.15, -0.1) is 0 Å². The third-order valence-corrected chi connectivity index (χ3v) is 3.51. The fourth-order valence-corrected chi connectivity index (χ4v) is 2.46. The Balaban J connectivity index is 2.10. The van der Waals surface area contributed by atoms with Crippen molar-refractivity contribution in [3.8, 4) is 0 Å². The maximum atomic E-state index is 11.5. The molecular weight excluding hydrogens is 258 g/mol. The molecule has 1 aromatic rings. The summed E-state index contributed by atoms with van der Waals surface area (Å²) in [6.07, 6.45) is 1.81. The van der Waals surface area contributed by atoms with Gasteiger partial charge in [0, 0.05) is 16.9 Å². The monoisotopic (exact) mass is 269 g/mol. The number of ether oxygens (including phenoxy) is 1. The molecular formula is C12H12ClNO2S. The Morgan fingerprint density at radius 2 is 2.18 bits per heavy atom. The first-order chi connectivity index (χ1) is 8.20.